The molecule has 0 aromatic heterocycles. The predicted octanol–water partition coefficient (Wildman–Crippen LogP) is 2.55. The van der Waals surface area contributed by atoms with Crippen LogP contribution in [-0.4, -0.2) is 30.2 Å². The third kappa shape index (κ3) is 5.31. The summed E-state index contributed by atoms with van der Waals surface area (Å²) in [5.74, 6) is 0.421. The second-order valence-corrected chi connectivity index (χ2v) is 5.18. The van der Waals surface area contributed by atoms with E-state index in [9.17, 15) is 14.9 Å². The molecular weight excluding hydrogens is 324 g/mol. The number of carbonyl (C=O) groups excluding carboxylic acids is 1. The van der Waals surface area contributed by atoms with Crippen LogP contribution < -0.4 is 15.5 Å². The number of nitrogens with zero attached hydrogens (tertiary/aromatic N) is 2. The van der Waals surface area contributed by atoms with Gasteiger partial charge in [0.2, 0.25) is 0 Å². The van der Waals surface area contributed by atoms with Gasteiger partial charge in [0.25, 0.3) is 11.6 Å². The summed E-state index contributed by atoms with van der Waals surface area (Å²) in [7, 11) is 1.58. The van der Waals surface area contributed by atoms with Crippen molar-refractivity contribution in [2.24, 2.45) is 5.10 Å². The Labute approximate surface area is 144 Å². The van der Waals surface area contributed by atoms with Crippen LogP contribution in [0.4, 0.5) is 11.4 Å². The number of amides is 1. The maximum Gasteiger partial charge on any atom is 0.269 e. The summed E-state index contributed by atoms with van der Waals surface area (Å²) in [6, 6.07) is 12.5. The average molecular weight is 342 g/mol. The van der Waals surface area contributed by atoms with Crippen molar-refractivity contribution in [1.82, 2.24) is 5.43 Å². The lowest BCUT2D eigenvalue weighted by Crippen LogP contribution is -2.34. The molecule has 0 aliphatic rings. The van der Waals surface area contributed by atoms with Gasteiger partial charge in [-0.05, 0) is 48.9 Å². The largest absolute Gasteiger partial charge is 0.497 e. The number of methoxy groups -OCH3 is 1. The van der Waals surface area contributed by atoms with E-state index in [4.69, 9.17) is 4.74 Å². The SMILES string of the molecule is COc1ccc(NC(C)C(=O)NN=Cc2ccc([N+](=O)[O-])cc2)cc1. The number of nitro groups is 1. The molecule has 1 atom stereocenters. The van der Waals surface area contributed by atoms with Gasteiger partial charge in [0, 0.05) is 17.8 Å². The van der Waals surface area contributed by atoms with Gasteiger partial charge >= 0.3 is 0 Å². The van der Waals surface area contributed by atoms with E-state index in [2.05, 4.69) is 15.8 Å². The Morgan fingerprint density at radius 3 is 2.40 bits per heavy atom. The molecule has 0 saturated carbocycles. The van der Waals surface area contributed by atoms with Crippen molar-refractivity contribution < 1.29 is 14.5 Å². The number of anilines is 1. The van der Waals surface area contributed by atoms with Gasteiger partial charge in [-0.2, -0.15) is 5.10 Å². The monoisotopic (exact) mass is 342 g/mol. The Morgan fingerprint density at radius 1 is 1.20 bits per heavy atom. The zero-order valence-electron chi connectivity index (χ0n) is 13.8. The van der Waals surface area contributed by atoms with Gasteiger partial charge in [0.05, 0.1) is 18.2 Å². The molecule has 0 radical (unpaired) electrons. The van der Waals surface area contributed by atoms with Crippen LogP contribution in [0.3, 0.4) is 0 Å². The minimum Gasteiger partial charge on any atom is -0.497 e. The van der Waals surface area contributed by atoms with Crippen molar-refractivity contribution in [3.8, 4) is 5.75 Å². The zero-order valence-corrected chi connectivity index (χ0v) is 13.8. The highest BCUT2D eigenvalue weighted by Gasteiger charge is 2.11. The fourth-order valence-corrected chi connectivity index (χ4v) is 1.95. The van der Waals surface area contributed by atoms with Crippen LogP contribution in [-0.2, 0) is 4.79 Å². The number of hydrogen-bond acceptors (Lipinski definition) is 6. The van der Waals surface area contributed by atoms with Gasteiger partial charge in [0.1, 0.15) is 11.8 Å². The lowest BCUT2D eigenvalue weighted by molar-refractivity contribution is -0.384. The van der Waals surface area contributed by atoms with Gasteiger partial charge in [0.15, 0.2) is 0 Å². The minimum atomic E-state index is -0.498. The summed E-state index contributed by atoms with van der Waals surface area (Å²) in [5, 5.41) is 17.5. The summed E-state index contributed by atoms with van der Waals surface area (Å²) in [4.78, 5) is 22.1. The standard InChI is InChI=1S/C17H18N4O4/c1-12(19-14-5-9-16(25-2)10-6-14)17(22)20-18-11-13-3-7-15(8-4-13)21(23)24/h3-12,19H,1-2H3,(H,20,22). The van der Waals surface area contributed by atoms with Crippen molar-refractivity contribution >= 4 is 23.5 Å². The fraction of sp³-hybridized carbons (Fsp3) is 0.176. The minimum absolute atomic E-state index is 0.00139. The molecule has 2 N–H and O–H groups in total. The molecule has 0 bridgehead atoms. The molecule has 0 aliphatic carbocycles. The molecule has 2 aromatic rings. The first-order chi connectivity index (χ1) is 12.0. The lowest BCUT2D eigenvalue weighted by atomic mass is 10.2. The molecule has 8 heteroatoms. The maximum absolute atomic E-state index is 12.0. The normalized spacial score (nSPS) is 11.8. The molecule has 0 aliphatic heterocycles. The zero-order chi connectivity index (χ0) is 18.2. The van der Waals surface area contributed by atoms with E-state index in [0.717, 1.165) is 11.4 Å². The first-order valence-corrected chi connectivity index (χ1v) is 7.47. The van der Waals surface area contributed by atoms with Crippen molar-refractivity contribution in [3.63, 3.8) is 0 Å². The van der Waals surface area contributed by atoms with Crippen LogP contribution in [0.2, 0.25) is 0 Å². The smallest absolute Gasteiger partial charge is 0.269 e. The van der Waals surface area contributed by atoms with E-state index in [0.29, 0.717) is 5.56 Å². The topological polar surface area (TPSA) is 106 Å². The molecule has 2 rings (SSSR count). The number of hydrogen-bond donors (Lipinski definition) is 2. The van der Waals surface area contributed by atoms with Gasteiger partial charge < -0.3 is 10.1 Å². The summed E-state index contributed by atoms with van der Waals surface area (Å²) >= 11 is 0. The number of hydrazone groups is 1. The van der Waals surface area contributed by atoms with Gasteiger partial charge in [-0.25, -0.2) is 5.43 Å². The molecule has 0 spiro atoms. The highest BCUT2D eigenvalue weighted by molar-refractivity contribution is 5.86. The number of ether oxygens (including phenoxy) is 1. The Balaban J connectivity index is 1.86. The summed E-state index contributed by atoms with van der Waals surface area (Å²) in [6.45, 7) is 1.71. The number of nitro benzene ring substituents is 1. The maximum atomic E-state index is 12.0. The van der Waals surface area contributed by atoms with Crippen LogP contribution in [0, 0.1) is 10.1 Å². The quantitative estimate of drug-likeness (QED) is 0.457. The molecular formula is C17H18N4O4. The average Bonchev–Trinajstić information content (AvgIpc) is 2.62. The number of benzene rings is 2. The molecule has 1 unspecified atom stereocenters. The van der Waals surface area contributed by atoms with Crippen LogP contribution in [0.25, 0.3) is 0 Å². The van der Waals surface area contributed by atoms with E-state index in [1.807, 2.05) is 12.1 Å². The Bertz CT molecular complexity index is 757. The first kappa shape index (κ1) is 17.9. The third-order valence-electron chi connectivity index (χ3n) is 3.36. The lowest BCUT2D eigenvalue weighted by Gasteiger charge is -2.13. The number of carbonyl (C=O) groups is 1. The molecule has 2 aromatic carbocycles. The highest BCUT2D eigenvalue weighted by Crippen LogP contribution is 2.15. The van der Waals surface area contributed by atoms with Crippen molar-refractivity contribution in [1.29, 1.82) is 0 Å². The van der Waals surface area contributed by atoms with E-state index < -0.39 is 11.0 Å². The van der Waals surface area contributed by atoms with E-state index in [1.165, 1.54) is 18.3 Å². The summed E-state index contributed by atoms with van der Waals surface area (Å²) in [5.41, 5.74) is 3.84. The van der Waals surface area contributed by atoms with Crippen LogP contribution >= 0.6 is 0 Å². The summed E-state index contributed by atoms with van der Waals surface area (Å²) < 4.78 is 5.07. The molecule has 0 saturated heterocycles. The van der Waals surface area contributed by atoms with Gasteiger partial charge in [-0.3, -0.25) is 14.9 Å². The van der Waals surface area contributed by atoms with Gasteiger partial charge in [-0.1, -0.05) is 0 Å². The highest BCUT2D eigenvalue weighted by atomic mass is 16.6. The number of nitrogens with one attached hydrogen (secondary N) is 2. The third-order valence-corrected chi connectivity index (χ3v) is 3.36. The summed E-state index contributed by atoms with van der Waals surface area (Å²) in [6.07, 6.45) is 1.42. The van der Waals surface area contributed by atoms with Crippen LogP contribution in [0.5, 0.6) is 5.75 Å². The van der Waals surface area contributed by atoms with Crippen LogP contribution in [0.1, 0.15) is 12.5 Å². The molecule has 0 heterocycles. The first-order valence-electron chi connectivity index (χ1n) is 7.47. The van der Waals surface area contributed by atoms with E-state index in [-0.39, 0.29) is 11.6 Å². The Morgan fingerprint density at radius 2 is 1.84 bits per heavy atom. The number of non-ortho nitro benzene ring substituents is 1. The molecule has 25 heavy (non-hydrogen) atoms. The van der Waals surface area contributed by atoms with Crippen molar-refractivity contribution in [3.05, 3.63) is 64.2 Å². The second-order valence-electron chi connectivity index (χ2n) is 5.18. The molecule has 8 nitrogen and oxygen atoms in total. The van der Waals surface area contributed by atoms with Gasteiger partial charge in [-0.15, -0.1) is 0 Å². The van der Waals surface area contributed by atoms with E-state index >= 15 is 0 Å². The predicted molar refractivity (Wildman–Crippen MR) is 94.9 cm³/mol. The molecule has 1 amide bonds. The van der Waals surface area contributed by atoms with Crippen molar-refractivity contribution in [2.75, 3.05) is 12.4 Å². The Kier molecular flexibility index (Phi) is 6.05. The van der Waals surface area contributed by atoms with E-state index in [1.54, 1.807) is 38.3 Å². The molecule has 0 fully saturated rings. The number of rotatable bonds is 7. The second kappa shape index (κ2) is 8.44. The van der Waals surface area contributed by atoms with Crippen molar-refractivity contribution in [2.45, 2.75) is 13.0 Å². The molecule has 130 valence electrons. The fourth-order valence-electron chi connectivity index (χ4n) is 1.95. The Hall–Kier alpha value is -3.42. The van der Waals surface area contributed by atoms with Crippen LogP contribution in [0.15, 0.2) is 53.6 Å².